The molecule has 0 unspecified atom stereocenters. The van der Waals surface area contributed by atoms with Gasteiger partial charge in [0.25, 0.3) is 0 Å². The minimum Gasteiger partial charge on any atom is -0.389 e. The summed E-state index contributed by atoms with van der Waals surface area (Å²) in [5.74, 6) is 0.694. The van der Waals surface area contributed by atoms with Crippen LogP contribution < -0.4 is 5.32 Å². The molecule has 0 amide bonds. The molecule has 1 aliphatic rings. The van der Waals surface area contributed by atoms with Crippen molar-refractivity contribution < 1.29 is 9.84 Å². The summed E-state index contributed by atoms with van der Waals surface area (Å²) in [7, 11) is 1.68. The Bertz CT molecular complexity index is 132. The van der Waals surface area contributed by atoms with Crippen LogP contribution in [-0.4, -0.2) is 37.5 Å². The third-order valence-corrected chi connectivity index (χ3v) is 2.39. The third kappa shape index (κ3) is 2.73. The first-order chi connectivity index (χ1) is 5.66. The van der Waals surface area contributed by atoms with Gasteiger partial charge in [-0.1, -0.05) is 6.92 Å². The molecule has 1 aliphatic carbocycles. The molecule has 0 atom stereocenters. The first kappa shape index (κ1) is 9.96. The zero-order valence-electron chi connectivity index (χ0n) is 7.97. The summed E-state index contributed by atoms with van der Waals surface area (Å²) >= 11 is 0. The topological polar surface area (TPSA) is 41.5 Å². The smallest absolute Gasteiger partial charge is 0.0776 e. The van der Waals surface area contributed by atoms with Gasteiger partial charge in [-0.25, -0.2) is 0 Å². The van der Waals surface area contributed by atoms with Crippen LogP contribution in [0, 0.1) is 5.92 Å². The number of nitrogens with one attached hydrogen (secondary N) is 1. The Hall–Kier alpha value is -0.120. The number of ether oxygens (including phenoxy) is 1. The predicted molar refractivity (Wildman–Crippen MR) is 48.1 cm³/mol. The quantitative estimate of drug-likeness (QED) is 0.591. The van der Waals surface area contributed by atoms with E-state index in [4.69, 9.17) is 4.74 Å². The molecule has 3 nitrogen and oxygen atoms in total. The highest BCUT2D eigenvalue weighted by molar-refractivity contribution is 4.93. The largest absolute Gasteiger partial charge is 0.389 e. The SMILES string of the molecule is COCCNCC1(O)CC(C)C1. The zero-order chi connectivity index (χ0) is 9.03. The fraction of sp³-hybridized carbons (Fsp3) is 1.00. The van der Waals surface area contributed by atoms with E-state index in [0.717, 1.165) is 19.4 Å². The predicted octanol–water partition coefficient (Wildman–Crippen LogP) is 0.383. The van der Waals surface area contributed by atoms with Crippen LogP contribution in [-0.2, 0) is 4.74 Å². The minimum atomic E-state index is -0.423. The molecule has 0 aliphatic heterocycles. The average molecular weight is 173 g/mol. The van der Waals surface area contributed by atoms with Gasteiger partial charge < -0.3 is 15.2 Å². The van der Waals surface area contributed by atoms with E-state index in [0.29, 0.717) is 19.1 Å². The third-order valence-electron chi connectivity index (χ3n) is 2.39. The Morgan fingerprint density at radius 2 is 2.25 bits per heavy atom. The maximum absolute atomic E-state index is 9.78. The number of hydrogen-bond acceptors (Lipinski definition) is 3. The van der Waals surface area contributed by atoms with Gasteiger partial charge in [0.1, 0.15) is 0 Å². The molecule has 72 valence electrons. The van der Waals surface area contributed by atoms with Crippen LogP contribution in [0.4, 0.5) is 0 Å². The molecule has 0 aromatic carbocycles. The van der Waals surface area contributed by atoms with E-state index in [1.54, 1.807) is 7.11 Å². The van der Waals surface area contributed by atoms with Gasteiger partial charge in [-0.05, 0) is 18.8 Å². The molecule has 0 spiro atoms. The molecule has 12 heavy (non-hydrogen) atoms. The van der Waals surface area contributed by atoms with E-state index in [9.17, 15) is 5.11 Å². The van der Waals surface area contributed by atoms with Crippen molar-refractivity contribution in [2.45, 2.75) is 25.4 Å². The lowest BCUT2D eigenvalue weighted by Crippen LogP contribution is -2.50. The van der Waals surface area contributed by atoms with E-state index in [1.165, 1.54) is 0 Å². The monoisotopic (exact) mass is 173 g/mol. The lowest BCUT2D eigenvalue weighted by Gasteiger charge is -2.42. The lowest BCUT2D eigenvalue weighted by atomic mass is 9.72. The zero-order valence-corrected chi connectivity index (χ0v) is 7.97. The summed E-state index contributed by atoms with van der Waals surface area (Å²) in [6.07, 6.45) is 1.87. The van der Waals surface area contributed by atoms with Crippen molar-refractivity contribution in [2.75, 3.05) is 26.8 Å². The molecule has 0 saturated heterocycles. The molecule has 0 aromatic heterocycles. The van der Waals surface area contributed by atoms with Crippen LogP contribution in [0.25, 0.3) is 0 Å². The molecule has 1 saturated carbocycles. The summed E-state index contributed by atoms with van der Waals surface area (Å²) in [5.41, 5.74) is -0.423. The maximum atomic E-state index is 9.78. The molecule has 3 heteroatoms. The Kier molecular flexibility index (Phi) is 3.50. The number of methoxy groups -OCH3 is 1. The molecule has 2 N–H and O–H groups in total. The van der Waals surface area contributed by atoms with E-state index < -0.39 is 5.60 Å². The highest BCUT2D eigenvalue weighted by Crippen LogP contribution is 2.36. The Labute approximate surface area is 74.1 Å². The van der Waals surface area contributed by atoms with Crippen LogP contribution in [0.2, 0.25) is 0 Å². The molecule has 1 rings (SSSR count). The van der Waals surface area contributed by atoms with Crippen LogP contribution in [0.5, 0.6) is 0 Å². The van der Waals surface area contributed by atoms with Crippen molar-refractivity contribution in [3.63, 3.8) is 0 Å². The van der Waals surface area contributed by atoms with E-state index in [1.807, 2.05) is 0 Å². The summed E-state index contributed by atoms with van der Waals surface area (Å²) in [5, 5.41) is 13.0. The molecule has 1 fully saturated rings. The van der Waals surface area contributed by atoms with Crippen molar-refractivity contribution >= 4 is 0 Å². The summed E-state index contributed by atoms with van der Waals surface area (Å²) < 4.78 is 4.89. The van der Waals surface area contributed by atoms with E-state index in [2.05, 4.69) is 12.2 Å². The van der Waals surface area contributed by atoms with Gasteiger partial charge in [-0.3, -0.25) is 0 Å². The number of hydrogen-bond donors (Lipinski definition) is 2. The molecule has 0 radical (unpaired) electrons. The normalized spacial score (nSPS) is 34.8. The van der Waals surface area contributed by atoms with E-state index >= 15 is 0 Å². The van der Waals surface area contributed by atoms with Crippen LogP contribution in [0.15, 0.2) is 0 Å². The molecular formula is C9H19NO2. The lowest BCUT2D eigenvalue weighted by molar-refractivity contribution is -0.0655. The van der Waals surface area contributed by atoms with Crippen molar-refractivity contribution in [1.29, 1.82) is 0 Å². The Morgan fingerprint density at radius 3 is 2.75 bits per heavy atom. The van der Waals surface area contributed by atoms with Gasteiger partial charge in [0.15, 0.2) is 0 Å². The average Bonchev–Trinajstić information content (AvgIpc) is 1.96. The first-order valence-electron chi connectivity index (χ1n) is 4.58. The fourth-order valence-corrected chi connectivity index (χ4v) is 1.88. The second-order valence-corrected chi connectivity index (χ2v) is 3.91. The number of rotatable bonds is 5. The van der Waals surface area contributed by atoms with Gasteiger partial charge in [-0.2, -0.15) is 0 Å². The molecule has 0 bridgehead atoms. The summed E-state index contributed by atoms with van der Waals surface area (Å²) in [6.45, 7) is 4.42. The molecule has 0 aromatic rings. The Balaban J connectivity index is 2.00. The highest BCUT2D eigenvalue weighted by Gasteiger charge is 2.39. The van der Waals surface area contributed by atoms with Gasteiger partial charge in [-0.15, -0.1) is 0 Å². The molecule has 0 heterocycles. The summed E-state index contributed by atoms with van der Waals surface area (Å²) in [6, 6.07) is 0. The van der Waals surface area contributed by atoms with Crippen molar-refractivity contribution in [1.82, 2.24) is 5.32 Å². The van der Waals surface area contributed by atoms with Gasteiger partial charge >= 0.3 is 0 Å². The second-order valence-electron chi connectivity index (χ2n) is 3.91. The Morgan fingerprint density at radius 1 is 1.58 bits per heavy atom. The van der Waals surface area contributed by atoms with Gasteiger partial charge in [0.05, 0.1) is 12.2 Å². The first-order valence-corrected chi connectivity index (χ1v) is 4.58. The van der Waals surface area contributed by atoms with E-state index in [-0.39, 0.29) is 0 Å². The molecular weight excluding hydrogens is 154 g/mol. The van der Waals surface area contributed by atoms with Crippen LogP contribution in [0.1, 0.15) is 19.8 Å². The summed E-state index contributed by atoms with van der Waals surface area (Å²) in [4.78, 5) is 0. The second kappa shape index (κ2) is 4.21. The minimum absolute atomic E-state index is 0.423. The highest BCUT2D eigenvalue weighted by atomic mass is 16.5. The van der Waals surface area contributed by atoms with Crippen LogP contribution in [0.3, 0.4) is 0 Å². The van der Waals surface area contributed by atoms with Gasteiger partial charge in [0.2, 0.25) is 0 Å². The fourth-order valence-electron chi connectivity index (χ4n) is 1.88. The van der Waals surface area contributed by atoms with Gasteiger partial charge in [0, 0.05) is 20.2 Å². The van der Waals surface area contributed by atoms with Crippen molar-refractivity contribution in [2.24, 2.45) is 5.92 Å². The standard InChI is InChI=1S/C9H19NO2/c1-8-5-9(11,6-8)7-10-3-4-12-2/h8,10-11H,3-7H2,1-2H3. The van der Waals surface area contributed by atoms with Crippen molar-refractivity contribution in [3.8, 4) is 0 Å². The van der Waals surface area contributed by atoms with Crippen molar-refractivity contribution in [3.05, 3.63) is 0 Å². The maximum Gasteiger partial charge on any atom is 0.0776 e. The number of aliphatic hydroxyl groups is 1. The van der Waals surface area contributed by atoms with Crippen LogP contribution >= 0.6 is 0 Å².